The highest BCUT2D eigenvalue weighted by Crippen LogP contribution is 2.04. The lowest BCUT2D eigenvalue weighted by atomic mass is 9.76. The summed E-state index contributed by atoms with van der Waals surface area (Å²) in [6.45, 7) is 2.59. The van der Waals surface area contributed by atoms with Crippen molar-refractivity contribution in [1.29, 1.82) is 0 Å². The van der Waals surface area contributed by atoms with Gasteiger partial charge in [0, 0.05) is 0 Å². The monoisotopic (exact) mass is 259 g/mol. The zero-order valence-electron chi connectivity index (χ0n) is 11.1. The molecule has 18 heavy (non-hydrogen) atoms. The second-order valence-electron chi connectivity index (χ2n) is 4.56. The van der Waals surface area contributed by atoms with E-state index in [1.54, 1.807) is 0 Å². The lowest BCUT2D eigenvalue weighted by Gasteiger charge is -2.20. The van der Waals surface area contributed by atoms with Crippen molar-refractivity contribution in [3.8, 4) is 0 Å². The summed E-state index contributed by atoms with van der Waals surface area (Å²) in [4.78, 5) is 11.7. The molecule has 0 aromatic carbocycles. The van der Waals surface area contributed by atoms with Crippen molar-refractivity contribution in [2.24, 2.45) is 11.5 Å². The van der Waals surface area contributed by atoms with Crippen LogP contribution in [0.5, 0.6) is 0 Å². The second kappa shape index (κ2) is 10.3. The molecule has 0 saturated heterocycles. The molecule has 6 nitrogen and oxygen atoms in total. The minimum atomic E-state index is -1.54. The topological polar surface area (TPSA) is 122 Å². The molecule has 7 N–H and O–H groups in total. The van der Waals surface area contributed by atoms with Crippen molar-refractivity contribution in [3.05, 3.63) is 0 Å². The van der Waals surface area contributed by atoms with Gasteiger partial charge in [-0.1, -0.05) is 26.2 Å². The number of nitrogens with one attached hydrogen (secondary N) is 1. The van der Waals surface area contributed by atoms with Crippen molar-refractivity contribution in [2.45, 2.75) is 57.4 Å². The fraction of sp³-hybridized carbons (Fsp3) is 0.909. The van der Waals surface area contributed by atoms with Crippen LogP contribution in [-0.4, -0.2) is 41.6 Å². The Kier molecular flexibility index (Phi) is 9.95. The van der Waals surface area contributed by atoms with E-state index in [0.29, 0.717) is 19.4 Å². The molecule has 0 fully saturated rings. The van der Waals surface area contributed by atoms with E-state index in [1.807, 2.05) is 6.92 Å². The van der Waals surface area contributed by atoms with Gasteiger partial charge in [0.2, 0.25) is 5.91 Å². The van der Waals surface area contributed by atoms with Gasteiger partial charge in [-0.3, -0.25) is 4.79 Å². The third-order valence-corrected chi connectivity index (χ3v) is 2.86. The first-order valence-corrected chi connectivity index (χ1v) is 6.65. The van der Waals surface area contributed by atoms with Gasteiger partial charge in [-0.05, 0) is 25.8 Å². The highest BCUT2D eigenvalue weighted by Gasteiger charge is 2.26. The van der Waals surface area contributed by atoms with Crippen LogP contribution in [0.2, 0.25) is 0 Å². The molecule has 0 aliphatic rings. The van der Waals surface area contributed by atoms with Crippen molar-refractivity contribution in [3.63, 3.8) is 0 Å². The van der Waals surface area contributed by atoms with Crippen LogP contribution >= 0.6 is 0 Å². The van der Waals surface area contributed by atoms with Gasteiger partial charge in [0.25, 0.3) is 0 Å². The van der Waals surface area contributed by atoms with Crippen molar-refractivity contribution >= 4 is 13.0 Å². The Labute approximate surface area is 109 Å². The fourth-order valence-corrected chi connectivity index (χ4v) is 1.65. The first-order valence-electron chi connectivity index (χ1n) is 6.65. The Morgan fingerprint density at radius 1 is 1.28 bits per heavy atom. The van der Waals surface area contributed by atoms with Gasteiger partial charge in [0.15, 0.2) is 0 Å². The Morgan fingerprint density at radius 2 is 1.94 bits per heavy atom. The molecule has 0 aliphatic heterocycles. The summed E-state index contributed by atoms with van der Waals surface area (Å²) in [5.41, 5.74) is 11.1. The number of rotatable bonds is 10. The number of unbranched alkanes of at least 4 members (excludes halogenated alkanes) is 2. The summed E-state index contributed by atoms with van der Waals surface area (Å²) < 4.78 is 0. The normalized spacial score (nSPS) is 14.1. The number of amides is 1. The molecule has 0 saturated carbocycles. The van der Waals surface area contributed by atoms with Crippen LogP contribution in [0.4, 0.5) is 0 Å². The Balaban J connectivity index is 4.06. The molecule has 0 spiro atoms. The molecule has 1 amide bonds. The summed E-state index contributed by atoms with van der Waals surface area (Å²) >= 11 is 0. The molecule has 2 atom stereocenters. The van der Waals surface area contributed by atoms with Gasteiger partial charge in [-0.2, -0.15) is 0 Å². The van der Waals surface area contributed by atoms with Crippen molar-refractivity contribution < 1.29 is 14.8 Å². The molecule has 0 bridgehead atoms. The van der Waals surface area contributed by atoms with Crippen molar-refractivity contribution in [2.75, 3.05) is 6.54 Å². The first kappa shape index (κ1) is 17.4. The van der Waals surface area contributed by atoms with Crippen LogP contribution in [0.15, 0.2) is 0 Å². The predicted octanol–water partition coefficient (Wildman–Crippen LogP) is -0.870. The average Bonchev–Trinajstić information content (AvgIpc) is 2.33. The third kappa shape index (κ3) is 7.65. The highest BCUT2D eigenvalue weighted by atomic mass is 16.4. The smallest absolute Gasteiger partial charge is 0.426 e. The van der Waals surface area contributed by atoms with Gasteiger partial charge in [-0.15, -0.1) is 0 Å². The van der Waals surface area contributed by atoms with Crippen molar-refractivity contribution in [1.82, 2.24) is 5.32 Å². The quantitative estimate of drug-likeness (QED) is 0.258. The molecule has 7 heteroatoms. The van der Waals surface area contributed by atoms with Crippen LogP contribution < -0.4 is 16.8 Å². The van der Waals surface area contributed by atoms with E-state index >= 15 is 0 Å². The molecular weight excluding hydrogens is 233 g/mol. The number of hydrogen-bond acceptors (Lipinski definition) is 5. The molecule has 0 heterocycles. The Morgan fingerprint density at radius 3 is 2.44 bits per heavy atom. The van der Waals surface area contributed by atoms with Gasteiger partial charge < -0.3 is 26.8 Å². The zero-order chi connectivity index (χ0) is 14.0. The van der Waals surface area contributed by atoms with Gasteiger partial charge >= 0.3 is 7.12 Å². The maximum Gasteiger partial charge on any atom is 0.475 e. The van der Waals surface area contributed by atoms with E-state index in [1.165, 1.54) is 0 Å². The van der Waals surface area contributed by atoms with E-state index in [0.717, 1.165) is 25.7 Å². The number of carbonyl (C=O) groups excluding carboxylic acids is 1. The second-order valence-corrected chi connectivity index (χ2v) is 4.56. The van der Waals surface area contributed by atoms with Gasteiger partial charge in [-0.25, -0.2) is 0 Å². The maximum absolute atomic E-state index is 11.7. The van der Waals surface area contributed by atoms with E-state index in [9.17, 15) is 4.79 Å². The van der Waals surface area contributed by atoms with E-state index < -0.39 is 19.1 Å². The summed E-state index contributed by atoms with van der Waals surface area (Å²) in [5, 5.41) is 20.9. The first-order chi connectivity index (χ1) is 8.52. The molecule has 0 unspecified atom stereocenters. The van der Waals surface area contributed by atoms with Gasteiger partial charge in [0.1, 0.15) is 0 Å². The number of nitrogens with two attached hydrogens (primary N) is 2. The molecule has 0 rings (SSSR count). The SMILES string of the molecule is CCCC[C@@H](NC(=O)[C@@H](N)CCCCN)B(O)O. The molecule has 0 aliphatic carbocycles. The lowest BCUT2D eigenvalue weighted by Crippen LogP contribution is -2.51. The minimum absolute atomic E-state index is 0.332. The largest absolute Gasteiger partial charge is 0.475 e. The lowest BCUT2D eigenvalue weighted by molar-refractivity contribution is -0.123. The molecule has 0 radical (unpaired) electrons. The molecule has 0 aromatic rings. The van der Waals surface area contributed by atoms with Crippen LogP contribution in [0, 0.1) is 0 Å². The average molecular weight is 259 g/mol. The molecule has 106 valence electrons. The van der Waals surface area contributed by atoms with Gasteiger partial charge in [0.05, 0.1) is 12.0 Å². The van der Waals surface area contributed by atoms with E-state index in [4.69, 9.17) is 21.5 Å². The Bertz CT molecular complexity index is 230. The highest BCUT2D eigenvalue weighted by molar-refractivity contribution is 6.43. The summed E-state index contributed by atoms with van der Waals surface area (Å²) in [6.07, 6.45) is 4.49. The molecular formula is C11H26BN3O3. The van der Waals surface area contributed by atoms with E-state index in [-0.39, 0.29) is 5.91 Å². The van der Waals surface area contributed by atoms with Crippen LogP contribution in [0.25, 0.3) is 0 Å². The van der Waals surface area contributed by atoms with Crippen LogP contribution in [-0.2, 0) is 4.79 Å². The number of hydrogen-bond donors (Lipinski definition) is 5. The minimum Gasteiger partial charge on any atom is -0.426 e. The molecule has 0 aromatic heterocycles. The standard InChI is InChI=1S/C11H26BN3O3/c1-2-3-7-10(12(17)18)15-11(16)9(14)6-4-5-8-13/h9-10,17-18H,2-8,13-14H2,1H3,(H,15,16)/t9-,10+/m0/s1. The summed E-state index contributed by atoms with van der Waals surface area (Å²) in [5.74, 6) is -0.973. The van der Waals surface area contributed by atoms with E-state index in [2.05, 4.69) is 5.32 Å². The fourth-order valence-electron chi connectivity index (χ4n) is 1.65. The summed E-state index contributed by atoms with van der Waals surface area (Å²) in [7, 11) is -1.54. The Hall–Kier alpha value is -0.625. The van der Waals surface area contributed by atoms with Crippen LogP contribution in [0.3, 0.4) is 0 Å². The number of carbonyl (C=O) groups is 1. The summed E-state index contributed by atoms with van der Waals surface area (Å²) in [6, 6.07) is -0.612. The van der Waals surface area contributed by atoms with Crippen LogP contribution in [0.1, 0.15) is 45.4 Å². The third-order valence-electron chi connectivity index (χ3n) is 2.86. The zero-order valence-corrected chi connectivity index (χ0v) is 11.1. The predicted molar refractivity (Wildman–Crippen MR) is 72.5 cm³/mol. The maximum atomic E-state index is 11.7.